The van der Waals surface area contributed by atoms with Gasteiger partial charge < -0.3 is 25.2 Å². The minimum Gasteiger partial charge on any atom is -0.478 e. The highest BCUT2D eigenvalue weighted by Crippen LogP contribution is 2.74. The molecule has 36 heavy (non-hydrogen) atoms. The van der Waals surface area contributed by atoms with Crippen molar-refractivity contribution in [2.75, 3.05) is 6.61 Å². The lowest BCUT2D eigenvalue weighted by molar-refractivity contribution is -0.238. The quantitative estimate of drug-likeness (QED) is 0.334. The molecule has 0 radical (unpaired) electrons. The first-order chi connectivity index (χ1) is 16.9. The third-order valence-corrected chi connectivity index (χ3v) is 11.7. The van der Waals surface area contributed by atoms with Crippen LogP contribution in [-0.2, 0) is 14.3 Å². The topological polar surface area (TPSA) is 124 Å². The van der Waals surface area contributed by atoms with E-state index in [-0.39, 0.29) is 64.2 Å². The fraction of sp³-hybridized carbons (Fsp3) is 0.793. The minimum absolute atomic E-state index is 0.0229. The lowest BCUT2D eigenvalue weighted by Crippen LogP contribution is -2.66. The molecule has 0 bridgehead atoms. The molecule has 0 saturated heterocycles. The van der Waals surface area contributed by atoms with Crippen LogP contribution in [0.2, 0.25) is 0 Å². The average Bonchev–Trinajstić information content (AvgIpc) is 3.25. The Labute approximate surface area is 213 Å². The molecule has 7 heteroatoms. The molecule has 4 saturated carbocycles. The molecule has 200 valence electrons. The van der Waals surface area contributed by atoms with E-state index in [1.807, 2.05) is 0 Å². The van der Waals surface area contributed by atoms with Crippen molar-refractivity contribution in [3.05, 3.63) is 22.8 Å². The molecule has 4 fully saturated rings. The number of allylic oxidation sites excluding steroid dienone is 1. The van der Waals surface area contributed by atoms with Gasteiger partial charge in [-0.25, -0.2) is 9.59 Å². The molecule has 1 heterocycles. The van der Waals surface area contributed by atoms with Gasteiger partial charge in [-0.1, -0.05) is 26.8 Å². The van der Waals surface area contributed by atoms with Crippen molar-refractivity contribution in [1.29, 1.82) is 0 Å². The Bertz CT molecular complexity index is 1020. The first-order valence-corrected chi connectivity index (χ1v) is 13.7. The smallest absolute Gasteiger partial charge is 0.334 e. The van der Waals surface area contributed by atoms with Gasteiger partial charge in [0.2, 0.25) is 0 Å². The maximum Gasteiger partial charge on any atom is 0.334 e. The summed E-state index contributed by atoms with van der Waals surface area (Å²) in [7, 11) is 0. The zero-order chi connectivity index (χ0) is 26.2. The van der Waals surface area contributed by atoms with Crippen LogP contribution in [0.25, 0.3) is 0 Å². The van der Waals surface area contributed by atoms with E-state index >= 15 is 0 Å². The van der Waals surface area contributed by atoms with E-state index in [4.69, 9.17) is 9.84 Å². The first kappa shape index (κ1) is 25.9. The normalized spacial score (nSPS) is 48.1. The number of aliphatic carboxylic acids is 1. The number of aliphatic hydroxyl groups is 3. The first-order valence-electron chi connectivity index (χ1n) is 13.7. The third kappa shape index (κ3) is 3.41. The van der Waals surface area contributed by atoms with Crippen LogP contribution < -0.4 is 0 Å². The number of carbonyl (C=O) groups is 2. The molecule has 4 N–H and O–H groups in total. The van der Waals surface area contributed by atoms with Crippen LogP contribution in [-0.4, -0.2) is 57.3 Å². The summed E-state index contributed by atoms with van der Waals surface area (Å²) in [5.74, 6) is -1.12. The molecule has 4 aliphatic carbocycles. The highest BCUT2D eigenvalue weighted by molar-refractivity contribution is 5.93. The second kappa shape index (κ2) is 8.67. The molecule has 5 aliphatic rings. The Morgan fingerprint density at radius 2 is 1.83 bits per heavy atom. The number of ether oxygens (including phenoxy) is 1. The van der Waals surface area contributed by atoms with Crippen LogP contribution in [0.1, 0.15) is 79.1 Å². The SMILES string of the molecule is C/C(=C\CCC1=C2[C@H](C[C@@]3(C)[C@H]2C[C@@H](O)[C@H]2[C@@]4(C)CC[C@@H](O)[C@@H](CO)[C@@H]4CC[C@@]23C)OC1=O)C(=O)O. The number of fused-ring (bicyclic) bond motifs is 7. The van der Waals surface area contributed by atoms with Crippen molar-refractivity contribution in [2.45, 2.75) is 97.4 Å². The molecule has 0 spiro atoms. The van der Waals surface area contributed by atoms with Crippen molar-refractivity contribution in [1.82, 2.24) is 0 Å². The number of rotatable bonds is 5. The van der Waals surface area contributed by atoms with Gasteiger partial charge in [0.25, 0.3) is 0 Å². The summed E-state index contributed by atoms with van der Waals surface area (Å²) >= 11 is 0. The summed E-state index contributed by atoms with van der Waals surface area (Å²) in [4.78, 5) is 24.0. The minimum atomic E-state index is -0.954. The van der Waals surface area contributed by atoms with Gasteiger partial charge in [-0.3, -0.25) is 0 Å². The second-order valence-electron chi connectivity index (χ2n) is 13.0. The van der Waals surface area contributed by atoms with E-state index in [1.54, 1.807) is 13.0 Å². The highest BCUT2D eigenvalue weighted by atomic mass is 16.5. The van der Waals surface area contributed by atoms with Crippen molar-refractivity contribution in [2.24, 2.45) is 39.9 Å². The lowest BCUT2D eigenvalue weighted by atomic mass is 9.36. The van der Waals surface area contributed by atoms with Gasteiger partial charge in [0.1, 0.15) is 6.10 Å². The van der Waals surface area contributed by atoms with Crippen molar-refractivity contribution < 1.29 is 34.8 Å². The Morgan fingerprint density at radius 1 is 1.11 bits per heavy atom. The summed E-state index contributed by atoms with van der Waals surface area (Å²) in [6.07, 6.45) is 5.94. The predicted molar refractivity (Wildman–Crippen MR) is 133 cm³/mol. The standard InChI is InChI=1S/C29H42O7/c1-15(25(33)34)6-5-7-16-23-19-12-21(32)24-27(2)10-9-20(31)17(14-30)18(27)8-11-28(24,3)29(19,4)13-22(23)36-26(16)35/h6,17-22,24,30-32H,5,7-14H2,1-4H3,(H,33,34)/b15-6+/t17-,18-,19-,20+,21+,22-,24-,27-,28-,29-/m0/s1. The molecule has 0 aromatic heterocycles. The molecule has 0 amide bonds. The number of carboxylic acid groups (broad SMARTS) is 1. The van der Waals surface area contributed by atoms with E-state index < -0.39 is 18.2 Å². The molecule has 10 atom stereocenters. The van der Waals surface area contributed by atoms with Crippen molar-refractivity contribution >= 4 is 11.9 Å². The van der Waals surface area contributed by atoms with Crippen LogP contribution >= 0.6 is 0 Å². The Kier molecular flexibility index (Phi) is 6.24. The summed E-state index contributed by atoms with van der Waals surface area (Å²) in [6, 6.07) is 0. The number of carboxylic acids is 1. The number of hydrogen-bond acceptors (Lipinski definition) is 6. The zero-order valence-corrected chi connectivity index (χ0v) is 22.0. The van der Waals surface area contributed by atoms with E-state index in [1.165, 1.54) is 0 Å². The van der Waals surface area contributed by atoms with Crippen LogP contribution in [0.3, 0.4) is 0 Å². The van der Waals surface area contributed by atoms with E-state index in [0.717, 1.165) is 31.3 Å². The lowest BCUT2D eigenvalue weighted by Gasteiger charge is -2.69. The van der Waals surface area contributed by atoms with Crippen molar-refractivity contribution in [3.63, 3.8) is 0 Å². The van der Waals surface area contributed by atoms with Crippen LogP contribution in [0, 0.1) is 39.9 Å². The van der Waals surface area contributed by atoms with Gasteiger partial charge in [-0.2, -0.15) is 0 Å². The predicted octanol–water partition coefficient (Wildman–Crippen LogP) is 3.61. The molecule has 7 nitrogen and oxygen atoms in total. The van der Waals surface area contributed by atoms with Gasteiger partial charge in [0.05, 0.1) is 12.2 Å². The van der Waals surface area contributed by atoms with Gasteiger partial charge in [0.15, 0.2) is 0 Å². The Morgan fingerprint density at radius 3 is 2.50 bits per heavy atom. The summed E-state index contributed by atoms with van der Waals surface area (Å²) in [5, 5.41) is 41.7. The van der Waals surface area contributed by atoms with Crippen LogP contribution in [0.4, 0.5) is 0 Å². The summed E-state index contributed by atoms with van der Waals surface area (Å²) in [5.41, 5.74) is 1.51. The van der Waals surface area contributed by atoms with Gasteiger partial charge in [0, 0.05) is 23.7 Å². The number of hydrogen-bond donors (Lipinski definition) is 4. The van der Waals surface area contributed by atoms with Crippen LogP contribution in [0.15, 0.2) is 22.8 Å². The fourth-order valence-corrected chi connectivity index (χ4v) is 9.83. The molecule has 0 aromatic carbocycles. The number of esters is 1. The molecule has 1 aliphatic heterocycles. The van der Waals surface area contributed by atoms with Gasteiger partial charge >= 0.3 is 11.9 Å². The number of carbonyl (C=O) groups excluding carboxylic acids is 1. The largest absolute Gasteiger partial charge is 0.478 e. The molecule has 5 rings (SSSR count). The Balaban J connectivity index is 1.50. The Hall–Kier alpha value is -1.70. The second-order valence-corrected chi connectivity index (χ2v) is 13.0. The van der Waals surface area contributed by atoms with E-state index in [0.29, 0.717) is 31.3 Å². The molecular formula is C29H42O7. The molecular weight excluding hydrogens is 460 g/mol. The highest BCUT2D eigenvalue weighted by Gasteiger charge is 2.71. The maximum atomic E-state index is 12.8. The van der Waals surface area contributed by atoms with Gasteiger partial charge in [-0.15, -0.1) is 0 Å². The zero-order valence-electron chi connectivity index (χ0n) is 22.0. The monoisotopic (exact) mass is 502 g/mol. The summed E-state index contributed by atoms with van der Waals surface area (Å²) in [6.45, 7) is 8.47. The van der Waals surface area contributed by atoms with E-state index in [9.17, 15) is 24.9 Å². The van der Waals surface area contributed by atoms with Gasteiger partial charge in [-0.05, 0) is 97.9 Å². The molecule has 0 aromatic rings. The van der Waals surface area contributed by atoms with E-state index in [2.05, 4.69) is 20.8 Å². The summed E-state index contributed by atoms with van der Waals surface area (Å²) < 4.78 is 5.90. The fourth-order valence-electron chi connectivity index (χ4n) is 9.83. The van der Waals surface area contributed by atoms with Crippen molar-refractivity contribution in [3.8, 4) is 0 Å². The number of aliphatic hydroxyl groups excluding tert-OH is 3. The van der Waals surface area contributed by atoms with Crippen LogP contribution in [0.5, 0.6) is 0 Å². The molecule has 0 unspecified atom stereocenters. The maximum absolute atomic E-state index is 12.8. The third-order valence-electron chi connectivity index (χ3n) is 11.7. The average molecular weight is 503 g/mol.